The molecule has 0 saturated carbocycles. The molecule has 1 aliphatic heterocycles. The minimum Gasteiger partial charge on any atom is -0.364 e. The van der Waals surface area contributed by atoms with Gasteiger partial charge in [-0.15, -0.1) is 5.10 Å². The first-order valence-corrected chi connectivity index (χ1v) is 9.21. The van der Waals surface area contributed by atoms with E-state index in [1.807, 2.05) is 6.92 Å². The minimum absolute atomic E-state index is 0.0677. The topological polar surface area (TPSA) is 132 Å². The number of fused-ring (bicyclic) bond motifs is 1. The molecule has 146 valence electrons. The largest absolute Gasteiger partial charge is 0.364 e. The van der Waals surface area contributed by atoms with Crippen LogP contribution < -0.4 is 11.4 Å². The standard InChI is InChI=1S/C18H21N7O3/c1-2-24-15-4-3-11(9-13(15)20-18(24)28)17(27)23-7-5-12(6-8-23)25-10-14(16(19)26)21-22-25/h3-4,9-10,12H,2,5-8H2,1H3,(H2,19,26)(H,20,28). The molecule has 4 rings (SSSR count). The van der Waals surface area contributed by atoms with Gasteiger partial charge >= 0.3 is 5.69 Å². The lowest BCUT2D eigenvalue weighted by Crippen LogP contribution is -2.39. The summed E-state index contributed by atoms with van der Waals surface area (Å²) in [5.41, 5.74) is 7.18. The number of nitrogens with one attached hydrogen (secondary N) is 1. The Morgan fingerprint density at radius 3 is 2.68 bits per heavy atom. The van der Waals surface area contributed by atoms with Crippen molar-refractivity contribution in [2.24, 2.45) is 5.73 Å². The minimum atomic E-state index is -0.607. The maximum atomic E-state index is 12.9. The van der Waals surface area contributed by atoms with Crippen LogP contribution >= 0.6 is 0 Å². The highest BCUT2D eigenvalue weighted by Gasteiger charge is 2.26. The number of aromatic amines is 1. The number of piperidine rings is 1. The van der Waals surface area contributed by atoms with Crippen LogP contribution in [-0.4, -0.2) is 54.3 Å². The first kappa shape index (κ1) is 18.0. The van der Waals surface area contributed by atoms with Gasteiger partial charge in [-0.1, -0.05) is 5.21 Å². The molecule has 1 aromatic carbocycles. The summed E-state index contributed by atoms with van der Waals surface area (Å²) in [5, 5.41) is 7.73. The van der Waals surface area contributed by atoms with Gasteiger partial charge in [-0.05, 0) is 38.0 Å². The van der Waals surface area contributed by atoms with Crippen molar-refractivity contribution in [2.75, 3.05) is 13.1 Å². The van der Waals surface area contributed by atoms with Crippen molar-refractivity contribution in [3.8, 4) is 0 Å². The number of hydrogen-bond donors (Lipinski definition) is 2. The number of carbonyl (C=O) groups is 2. The summed E-state index contributed by atoms with van der Waals surface area (Å²) in [5.74, 6) is -0.675. The summed E-state index contributed by atoms with van der Waals surface area (Å²) in [6.07, 6.45) is 2.96. The number of carbonyl (C=O) groups excluding carboxylic acids is 2. The van der Waals surface area contributed by atoms with Crippen LogP contribution in [0.15, 0.2) is 29.2 Å². The molecule has 2 amide bonds. The number of nitrogens with zero attached hydrogens (tertiary/aromatic N) is 5. The molecule has 1 fully saturated rings. The van der Waals surface area contributed by atoms with E-state index in [0.29, 0.717) is 43.6 Å². The number of primary amides is 1. The average Bonchev–Trinajstić information content (AvgIpc) is 3.31. The molecule has 0 spiro atoms. The lowest BCUT2D eigenvalue weighted by Gasteiger charge is -2.31. The van der Waals surface area contributed by atoms with Crippen molar-refractivity contribution in [2.45, 2.75) is 32.4 Å². The van der Waals surface area contributed by atoms with Crippen LogP contribution in [0.4, 0.5) is 0 Å². The van der Waals surface area contributed by atoms with Crippen molar-refractivity contribution >= 4 is 22.8 Å². The number of amides is 2. The van der Waals surface area contributed by atoms with Crippen LogP contribution in [0.1, 0.15) is 46.7 Å². The van der Waals surface area contributed by atoms with E-state index in [-0.39, 0.29) is 23.3 Å². The Bertz CT molecular complexity index is 1100. The van der Waals surface area contributed by atoms with Crippen molar-refractivity contribution in [3.63, 3.8) is 0 Å². The normalized spacial score (nSPS) is 15.2. The third kappa shape index (κ3) is 3.06. The highest BCUT2D eigenvalue weighted by molar-refractivity contribution is 5.97. The zero-order valence-electron chi connectivity index (χ0n) is 15.5. The molecule has 3 heterocycles. The Balaban J connectivity index is 1.47. The number of benzene rings is 1. The second kappa shape index (κ2) is 6.95. The second-order valence-corrected chi connectivity index (χ2v) is 6.88. The van der Waals surface area contributed by atoms with E-state index in [9.17, 15) is 14.4 Å². The van der Waals surface area contributed by atoms with E-state index in [1.54, 1.807) is 38.5 Å². The number of aromatic nitrogens is 5. The maximum absolute atomic E-state index is 12.9. The highest BCUT2D eigenvalue weighted by Crippen LogP contribution is 2.23. The molecule has 0 aliphatic carbocycles. The number of imidazole rings is 1. The zero-order chi connectivity index (χ0) is 19.8. The van der Waals surface area contributed by atoms with Gasteiger partial charge in [-0.25, -0.2) is 9.48 Å². The van der Waals surface area contributed by atoms with Crippen LogP contribution in [-0.2, 0) is 6.54 Å². The van der Waals surface area contributed by atoms with Gasteiger partial charge in [0.1, 0.15) is 0 Å². The summed E-state index contributed by atoms with van der Waals surface area (Å²) < 4.78 is 3.28. The fourth-order valence-corrected chi connectivity index (χ4v) is 3.69. The number of hydrogen-bond acceptors (Lipinski definition) is 5. The summed E-state index contributed by atoms with van der Waals surface area (Å²) in [4.78, 5) is 40.6. The van der Waals surface area contributed by atoms with Gasteiger partial charge in [0, 0.05) is 25.2 Å². The lowest BCUT2D eigenvalue weighted by molar-refractivity contribution is 0.0689. The number of rotatable bonds is 4. The van der Waals surface area contributed by atoms with E-state index in [2.05, 4.69) is 15.3 Å². The lowest BCUT2D eigenvalue weighted by atomic mass is 10.0. The second-order valence-electron chi connectivity index (χ2n) is 6.88. The molecule has 10 nitrogen and oxygen atoms in total. The monoisotopic (exact) mass is 383 g/mol. The molecule has 0 bridgehead atoms. The average molecular weight is 383 g/mol. The van der Waals surface area contributed by atoms with E-state index in [0.717, 1.165) is 5.52 Å². The van der Waals surface area contributed by atoms with Crippen molar-refractivity contribution < 1.29 is 9.59 Å². The molecule has 0 radical (unpaired) electrons. The number of aryl methyl sites for hydroxylation is 1. The Morgan fingerprint density at radius 2 is 2.04 bits per heavy atom. The van der Waals surface area contributed by atoms with Crippen LogP contribution in [0.25, 0.3) is 11.0 Å². The van der Waals surface area contributed by atoms with Gasteiger partial charge < -0.3 is 15.6 Å². The SMILES string of the molecule is CCn1c(=O)[nH]c2cc(C(=O)N3CCC(n4cc(C(N)=O)nn4)CC3)ccc21. The Morgan fingerprint density at radius 1 is 1.29 bits per heavy atom. The summed E-state index contributed by atoms with van der Waals surface area (Å²) in [6.45, 7) is 3.61. The maximum Gasteiger partial charge on any atom is 0.326 e. The van der Waals surface area contributed by atoms with Crippen LogP contribution in [0.5, 0.6) is 0 Å². The first-order valence-electron chi connectivity index (χ1n) is 9.21. The van der Waals surface area contributed by atoms with Crippen LogP contribution in [0, 0.1) is 0 Å². The molecule has 3 aromatic rings. The Hall–Kier alpha value is -3.43. The van der Waals surface area contributed by atoms with Gasteiger partial charge in [0.05, 0.1) is 23.3 Å². The smallest absolute Gasteiger partial charge is 0.326 e. The van der Waals surface area contributed by atoms with E-state index in [4.69, 9.17) is 5.73 Å². The van der Waals surface area contributed by atoms with Crippen molar-refractivity contribution in [3.05, 3.63) is 46.1 Å². The predicted octanol–water partition coefficient (Wildman–Crippen LogP) is 0.517. The van der Waals surface area contributed by atoms with Gasteiger partial charge in [-0.3, -0.25) is 14.2 Å². The molecule has 1 saturated heterocycles. The highest BCUT2D eigenvalue weighted by atomic mass is 16.2. The third-order valence-corrected chi connectivity index (χ3v) is 5.23. The number of nitrogens with two attached hydrogens (primary N) is 1. The van der Waals surface area contributed by atoms with Crippen LogP contribution in [0.2, 0.25) is 0 Å². The molecule has 28 heavy (non-hydrogen) atoms. The fraction of sp³-hybridized carbons (Fsp3) is 0.389. The van der Waals surface area contributed by atoms with Crippen LogP contribution in [0.3, 0.4) is 0 Å². The third-order valence-electron chi connectivity index (χ3n) is 5.23. The van der Waals surface area contributed by atoms with Crippen molar-refractivity contribution in [1.82, 2.24) is 29.4 Å². The molecule has 0 atom stereocenters. The molecular weight excluding hydrogens is 362 g/mol. The molecule has 3 N–H and O–H groups in total. The molecule has 0 unspecified atom stereocenters. The summed E-state index contributed by atoms with van der Waals surface area (Å²) >= 11 is 0. The molecule has 10 heteroatoms. The van der Waals surface area contributed by atoms with Gasteiger partial charge in [0.25, 0.3) is 11.8 Å². The molecule has 2 aromatic heterocycles. The Kier molecular flexibility index (Phi) is 4.46. The quantitative estimate of drug-likeness (QED) is 0.678. The van der Waals surface area contributed by atoms with E-state index >= 15 is 0 Å². The number of likely N-dealkylation sites (tertiary alicyclic amines) is 1. The zero-order valence-corrected chi connectivity index (χ0v) is 15.5. The fourth-order valence-electron chi connectivity index (χ4n) is 3.69. The van der Waals surface area contributed by atoms with Crippen molar-refractivity contribution in [1.29, 1.82) is 0 Å². The molecular formula is C18H21N7O3. The molecule has 1 aliphatic rings. The first-order chi connectivity index (χ1) is 13.5. The number of H-pyrrole nitrogens is 1. The Labute approximate surface area is 159 Å². The van der Waals surface area contributed by atoms with Gasteiger partial charge in [0.2, 0.25) is 0 Å². The predicted molar refractivity (Wildman–Crippen MR) is 101 cm³/mol. The summed E-state index contributed by atoms with van der Waals surface area (Å²) in [7, 11) is 0. The van der Waals surface area contributed by atoms with E-state index < -0.39 is 5.91 Å². The van der Waals surface area contributed by atoms with E-state index in [1.165, 1.54) is 0 Å². The summed E-state index contributed by atoms with van der Waals surface area (Å²) in [6, 6.07) is 5.36. The van der Waals surface area contributed by atoms with Gasteiger partial charge in [0.15, 0.2) is 5.69 Å². The van der Waals surface area contributed by atoms with Gasteiger partial charge in [-0.2, -0.15) is 0 Å².